The third-order valence-electron chi connectivity index (χ3n) is 14.5. The number of pyridine rings is 2. The SMILES string of the molecule is CCCCc1ccc(C2CCC(C3CCC(CCC)CC3)CC2)nc1.CCCCc1ccc(C2CCC(C3CCC(CCCC)CC3)CC2)nc1. The fourth-order valence-corrected chi connectivity index (χ4v) is 11.0. The van der Waals surface area contributed by atoms with Crippen molar-refractivity contribution in [3.8, 4) is 0 Å². The second-order valence-corrected chi connectivity index (χ2v) is 18.1. The maximum absolute atomic E-state index is 4.83. The van der Waals surface area contributed by atoms with Crippen molar-refractivity contribution in [1.82, 2.24) is 9.97 Å². The van der Waals surface area contributed by atoms with E-state index in [1.807, 2.05) is 0 Å². The van der Waals surface area contributed by atoms with Crippen LogP contribution in [0.15, 0.2) is 36.7 Å². The highest BCUT2D eigenvalue weighted by Crippen LogP contribution is 2.45. The summed E-state index contributed by atoms with van der Waals surface area (Å²) in [5.41, 5.74) is 5.57. The Bertz CT molecular complexity index is 1150. The molecule has 286 valence electrons. The van der Waals surface area contributed by atoms with Crippen LogP contribution in [0.25, 0.3) is 0 Å². The number of nitrogens with zero attached hydrogens (tertiary/aromatic N) is 2. The second kappa shape index (κ2) is 22.5. The summed E-state index contributed by atoms with van der Waals surface area (Å²) in [4.78, 5) is 9.65. The van der Waals surface area contributed by atoms with Crippen LogP contribution in [0.4, 0.5) is 0 Å². The Morgan fingerprint density at radius 3 is 1.12 bits per heavy atom. The summed E-state index contributed by atoms with van der Waals surface area (Å²) in [5, 5.41) is 0. The molecular weight excluding hydrogens is 617 g/mol. The molecule has 0 bridgehead atoms. The van der Waals surface area contributed by atoms with E-state index in [9.17, 15) is 0 Å². The fourth-order valence-electron chi connectivity index (χ4n) is 11.0. The predicted molar refractivity (Wildman–Crippen MR) is 220 cm³/mol. The van der Waals surface area contributed by atoms with E-state index in [0.29, 0.717) is 0 Å². The molecule has 0 amide bonds. The molecule has 0 saturated heterocycles. The van der Waals surface area contributed by atoms with Gasteiger partial charge in [-0.3, -0.25) is 9.97 Å². The lowest BCUT2D eigenvalue weighted by Crippen LogP contribution is -2.25. The summed E-state index contributed by atoms with van der Waals surface area (Å²) < 4.78 is 0. The molecule has 4 aliphatic carbocycles. The minimum absolute atomic E-state index is 0.729. The average Bonchev–Trinajstić information content (AvgIpc) is 3.20. The summed E-state index contributed by atoms with van der Waals surface area (Å²) in [6.45, 7) is 9.20. The van der Waals surface area contributed by atoms with Crippen LogP contribution >= 0.6 is 0 Å². The van der Waals surface area contributed by atoms with Gasteiger partial charge in [-0.25, -0.2) is 0 Å². The Hall–Kier alpha value is -1.70. The summed E-state index contributed by atoms with van der Waals surface area (Å²) in [6, 6.07) is 9.32. The minimum atomic E-state index is 0.729. The summed E-state index contributed by atoms with van der Waals surface area (Å²) in [5.74, 6) is 7.67. The van der Waals surface area contributed by atoms with Gasteiger partial charge in [-0.15, -0.1) is 0 Å². The molecule has 2 aromatic rings. The molecule has 2 heterocycles. The van der Waals surface area contributed by atoms with Crippen LogP contribution in [0.1, 0.15) is 223 Å². The Morgan fingerprint density at radius 1 is 0.412 bits per heavy atom. The van der Waals surface area contributed by atoms with Crippen molar-refractivity contribution in [2.45, 2.75) is 213 Å². The Kier molecular flexibility index (Phi) is 17.9. The number of hydrogen-bond donors (Lipinski definition) is 0. The molecule has 0 aliphatic heterocycles. The van der Waals surface area contributed by atoms with Gasteiger partial charge in [-0.1, -0.05) is 110 Å². The first-order valence-electron chi connectivity index (χ1n) is 23.0. The van der Waals surface area contributed by atoms with Crippen LogP contribution in [0, 0.1) is 35.5 Å². The molecule has 2 aromatic heterocycles. The quantitative estimate of drug-likeness (QED) is 0.185. The number of rotatable bonds is 15. The molecule has 6 rings (SSSR count). The highest BCUT2D eigenvalue weighted by Gasteiger charge is 2.33. The van der Waals surface area contributed by atoms with Gasteiger partial charge < -0.3 is 0 Å². The summed E-state index contributed by atoms with van der Waals surface area (Å²) >= 11 is 0. The van der Waals surface area contributed by atoms with E-state index in [2.05, 4.69) is 64.4 Å². The smallest absolute Gasteiger partial charge is 0.0434 e. The predicted octanol–water partition coefficient (Wildman–Crippen LogP) is 15.0. The summed E-state index contributed by atoms with van der Waals surface area (Å²) in [6.07, 6.45) is 42.4. The average molecular weight is 697 g/mol. The van der Waals surface area contributed by atoms with Gasteiger partial charge in [0.15, 0.2) is 0 Å². The molecule has 4 saturated carbocycles. The van der Waals surface area contributed by atoms with Crippen molar-refractivity contribution in [2.24, 2.45) is 35.5 Å². The number of aromatic nitrogens is 2. The van der Waals surface area contributed by atoms with Crippen LogP contribution in [0.2, 0.25) is 0 Å². The first-order valence-corrected chi connectivity index (χ1v) is 23.0. The molecule has 0 unspecified atom stereocenters. The third-order valence-corrected chi connectivity index (χ3v) is 14.5. The molecule has 0 N–H and O–H groups in total. The van der Waals surface area contributed by atoms with Crippen molar-refractivity contribution in [3.63, 3.8) is 0 Å². The van der Waals surface area contributed by atoms with Gasteiger partial charge in [-0.05, 0) is 162 Å². The molecule has 2 heteroatoms. The zero-order chi connectivity index (χ0) is 35.7. The fraction of sp³-hybridized carbons (Fsp3) is 0.796. The molecule has 0 aromatic carbocycles. The first-order chi connectivity index (χ1) is 25.1. The second-order valence-electron chi connectivity index (χ2n) is 18.1. The molecule has 0 spiro atoms. The molecule has 4 fully saturated rings. The van der Waals surface area contributed by atoms with E-state index >= 15 is 0 Å². The van der Waals surface area contributed by atoms with Crippen molar-refractivity contribution in [1.29, 1.82) is 0 Å². The van der Waals surface area contributed by atoms with Crippen molar-refractivity contribution in [3.05, 3.63) is 59.2 Å². The Morgan fingerprint density at radius 2 is 0.784 bits per heavy atom. The van der Waals surface area contributed by atoms with Gasteiger partial charge in [0.25, 0.3) is 0 Å². The van der Waals surface area contributed by atoms with Crippen molar-refractivity contribution < 1.29 is 0 Å². The third kappa shape index (κ3) is 13.0. The van der Waals surface area contributed by atoms with Crippen LogP contribution in [0.5, 0.6) is 0 Å². The largest absolute Gasteiger partial charge is 0.261 e. The maximum Gasteiger partial charge on any atom is 0.0434 e. The van der Waals surface area contributed by atoms with Gasteiger partial charge in [0, 0.05) is 35.6 Å². The lowest BCUT2D eigenvalue weighted by molar-refractivity contribution is 0.155. The van der Waals surface area contributed by atoms with Crippen LogP contribution in [-0.2, 0) is 12.8 Å². The first kappa shape index (κ1) is 40.5. The lowest BCUT2D eigenvalue weighted by atomic mass is 9.68. The standard InChI is InChI=1S/C25H41N.C24H39N/c1-3-5-7-20-9-12-22(13-10-20)23-14-16-24(17-15-23)25-18-11-21(19-26-25)8-6-4-2;1-3-5-7-20-10-17-24(25-18-20)23-15-13-22(14-16-23)21-11-8-19(6-4-2)9-12-21/h11,18-20,22-24H,3-10,12-17H2,1-2H3;10,17-19,21-23H,3-9,11-16H2,1-2H3. The van der Waals surface area contributed by atoms with E-state index < -0.39 is 0 Å². The zero-order valence-corrected chi connectivity index (χ0v) is 34.1. The van der Waals surface area contributed by atoms with E-state index in [-0.39, 0.29) is 0 Å². The zero-order valence-electron chi connectivity index (χ0n) is 34.1. The van der Waals surface area contributed by atoms with Crippen molar-refractivity contribution in [2.75, 3.05) is 0 Å². The van der Waals surface area contributed by atoms with Crippen molar-refractivity contribution >= 4 is 0 Å². The molecule has 0 radical (unpaired) electrons. The van der Waals surface area contributed by atoms with E-state index in [1.165, 1.54) is 196 Å². The van der Waals surface area contributed by atoms with Gasteiger partial charge in [-0.2, -0.15) is 0 Å². The highest BCUT2D eigenvalue weighted by atomic mass is 14.7. The Labute approximate surface area is 316 Å². The number of hydrogen-bond acceptors (Lipinski definition) is 2. The van der Waals surface area contributed by atoms with Gasteiger partial charge >= 0.3 is 0 Å². The molecule has 0 atom stereocenters. The van der Waals surface area contributed by atoms with E-state index in [0.717, 1.165) is 47.3 Å². The maximum atomic E-state index is 4.83. The van der Waals surface area contributed by atoms with Crippen LogP contribution in [0.3, 0.4) is 0 Å². The summed E-state index contributed by atoms with van der Waals surface area (Å²) in [7, 11) is 0. The van der Waals surface area contributed by atoms with Gasteiger partial charge in [0.1, 0.15) is 0 Å². The highest BCUT2D eigenvalue weighted by molar-refractivity contribution is 5.18. The van der Waals surface area contributed by atoms with E-state index in [1.54, 1.807) is 0 Å². The van der Waals surface area contributed by atoms with Gasteiger partial charge in [0.2, 0.25) is 0 Å². The molecule has 2 nitrogen and oxygen atoms in total. The lowest BCUT2D eigenvalue weighted by Gasteiger charge is -2.37. The normalized spacial score (nSPS) is 30.0. The monoisotopic (exact) mass is 697 g/mol. The molecule has 4 aliphatic rings. The Balaban J connectivity index is 0.000000198. The number of aryl methyl sites for hydroxylation is 2. The topological polar surface area (TPSA) is 25.8 Å². The molecule has 51 heavy (non-hydrogen) atoms. The van der Waals surface area contributed by atoms with E-state index in [4.69, 9.17) is 9.97 Å². The van der Waals surface area contributed by atoms with Gasteiger partial charge in [0.05, 0.1) is 0 Å². The van der Waals surface area contributed by atoms with Crippen LogP contribution < -0.4 is 0 Å². The molecular formula is C49H80N2. The number of unbranched alkanes of at least 4 members (excludes halogenated alkanes) is 3. The minimum Gasteiger partial charge on any atom is -0.261 e. The van der Waals surface area contributed by atoms with Crippen LogP contribution in [-0.4, -0.2) is 9.97 Å².